The van der Waals surface area contributed by atoms with Gasteiger partial charge < -0.3 is 4.90 Å². The predicted octanol–water partition coefficient (Wildman–Crippen LogP) is 4.49. The van der Waals surface area contributed by atoms with Crippen LogP contribution in [0.1, 0.15) is 32.1 Å². The van der Waals surface area contributed by atoms with Crippen LogP contribution in [0, 0.1) is 11.3 Å². The van der Waals surface area contributed by atoms with Gasteiger partial charge in [0.25, 0.3) is 5.91 Å². The van der Waals surface area contributed by atoms with Crippen LogP contribution < -0.4 is 4.90 Å². The highest BCUT2D eigenvalue weighted by atomic mass is 32.2. The fourth-order valence-corrected chi connectivity index (χ4v) is 5.85. The van der Waals surface area contributed by atoms with E-state index in [1.807, 2.05) is 19.2 Å². The zero-order valence-electron chi connectivity index (χ0n) is 13.7. The van der Waals surface area contributed by atoms with E-state index in [-0.39, 0.29) is 5.91 Å². The number of benzene rings is 1. The lowest BCUT2D eigenvalue weighted by Crippen LogP contribution is -2.34. The molecule has 0 spiro atoms. The fraction of sp³-hybridized carbons (Fsp3) is 0.444. The molecule has 4 rings (SSSR count). The first-order valence-corrected chi connectivity index (χ1v) is 10.1. The number of carbonyl (C=O) groups is 1. The minimum atomic E-state index is 0.0118. The average molecular weight is 360 g/mol. The maximum atomic E-state index is 12.9. The largest absolute Gasteiger partial charge is 0.337 e. The van der Waals surface area contributed by atoms with Gasteiger partial charge in [0.15, 0.2) is 5.17 Å². The molecule has 0 atom stereocenters. The summed E-state index contributed by atoms with van der Waals surface area (Å²) in [6.45, 7) is 0.711. The molecule has 3 aliphatic rings. The van der Waals surface area contributed by atoms with Gasteiger partial charge in [-0.2, -0.15) is 0 Å². The second-order valence-electron chi connectivity index (χ2n) is 6.59. The molecule has 126 valence electrons. The zero-order chi connectivity index (χ0) is 16.7. The smallest absolute Gasteiger partial charge is 0.269 e. The van der Waals surface area contributed by atoms with E-state index in [0.29, 0.717) is 22.5 Å². The van der Waals surface area contributed by atoms with Crippen molar-refractivity contribution >= 4 is 40.3 Å². The van der Waals surface area contributed by atoms with Crippen LogP contribution in [0.2, 0.25) is 0 Å². The van der Waals surface area contributed by atoms with Gasteiger partial charge in [0.1, 0.15) is 4.91 Å². The second-order valence-corrected chi connectivity index (χ2v) is 8.62. The molecule has 1 amide bonds. The van der Waals surface area contributed by atoms with Crippen molar-refractivity contribution in [1.82, 2.24) is 4.90 Å². The number of anilines is 1. The molecular formula is C18H21N3OS2. The fourth-order valence-electron chi connectivity index (χ4n) is 3.64. The third kappa shape index (κ3) is 2.75. The van der Waals surface area contributed by atoms with Crippen LogP contribution in [-0.4, -0.2) is 29.6 Å². The maximum Gasteiger partial charge on any atom is 0.269 e. The van der Waals surface area contributed by atoms with E-state index >= 15 is 0 Å². The van der Waals surface area contributed by atoms with Gasteiger partial charge in [-0.1, -0.05) is 43.2 Å². The van der Waals surface area contributed by atoms with Gasteiger partial charge in [0.05, 0.1) is 10.7 Å². The number of fused-ring (bicyclic) bond motifs is 1. The summed E-state index contributed by atoms with van der Waals surface area (Å²) in [6, 6.07) is 8.20. The molecule has 1 aromatic carbocycles. The summed E-state index contributed by atoms with van der Waals surface area (Å²) >= 11 is 2.95. The molecule has 2 fully saturated rings. The molecule has 1 saturated carbocycles. The molecule has 1 saturated heterocycles. The molecule has 1 N–H and O–H groups in total. The lowest BCUT2D eigenvalue weighted by molar-refractivity contribution is -0.122. The van der Waals surface area contributed by atoms with Gasteiger partial charge in [-0.05, 0) is 42.7 Å². The number of amidine groups is 1. The van der Waals surface area contributed by atoms with Crippen molar-refractivity contribution in [3.8, 4) is 0 Å². The van der Waals surface area contributed by atoms with Gasteiger partial charge in [-0.15, -0.1) is 0 Å². The van der Waals surface area contributed by atoms with Crippen molar-refractivity contribution in [3.05, 3.63) is 34.2 Å². The molecule has 1 aliphatic carbocycles. The van der Waals surface area contributed by atoms with E-state index in [0.717, 1.165) is 10.7 Å². The SMILES string of the molecule is CN1/C(=C2/SC(=N)N(CC3CCCCC3)C2=O)Sc2ccccc21. The Labute approximate surface area is 151 Å². The number of nitrogens with one attached hydrogen (secondary N) is 1. The highest BCUT2D eigenvalue weighted by molar-refractivity contribution is 8.19. The molecule has 0 radical (unpaired) electrons. The first-order valence-electron chi connectivity index (χ1n) is 8.48. The molecule has 4 nitrogen and oxygen atoms in total. The van der Waals surface area contributed by atoms with Gasteiger partial charge in [0.2, 0.25) is 0 Å². The summed E-state index contributed by atoms with van der Waals surface area (Å²) in [6.07, 6.45) is 6.21. The molecule has 2 aliphatic heterocycles. The molecule has 0 unspecified atom stereocenters. The number of hydrogen-bond acceptors (Lipinski definition) is 5. The van der Waals surface area contributed by atoms with Gasteiger partial charge in [0, 0.05) is 18.5 Å². The Morgan fingerprint density at radius 2 is 1.92 bits per heavy atom. The van der Waals surface area contributed by atoms with Crippen molar-refractivity contribution in [2.45, 2.75) is 37.0 Å². The molecule has 1 aromatic rings. The lowest BCUT2D eigenvalue weighted by atomic mass is 9.89. The minimum absolute atomic E-state index is 0.0118. The summed E-state index contributed by atoms with van der Waals surface area (Å²) in [5, 5.41) is 9.63. The van der Waals surface area contributed by atoms with E-state index in [1.54, 1.807) is 16.7 Å². The van der Waals surface area contributed by atoms with Crippen molar-refractivity contribution in [2.24, 2.45) is 5.92 Å². The van der Waals surface area contributed by atoms with E-state index in [1.165, 1.54) is 48.8 Å². The third-order valence-electron chi connectivity index (χ3n) is 4.98. The molecule has 6 heteroatoms. The highest BCUT2D eigenvalue weighted by Gasteiger charge is 2.39. The summed E-state index contributed by atoms with van der Waals surface area (Å²) in [7, 11) is 2.00. The summed E-state index contributed by atoms with van der Waals surface area (Å²) in [5.74, 6) is 0.567. The Kier molecular flexibility index (Phi) is 4.35. The van der Waals surface area contributed by atoms with Crippen LogP contribution in [0.3, 0.4) is 0 Å². The Morgan fingerprint density at radius 1 is 1.17 bits per heavy atom. The van der Waals surface area contributed by atoms with Gasteiger partial charge >= 0.3 is 0 Å². The van der Waals surface area contributed by atoms with Crippen LogP contribution in [-0.2, 0) is 4.79 Å². The quantitative estimate of drug-likeness (QED) is 0.791. The minimum Gasteiger partial charge on any atom is -0.337 e. The maximum absolute atomic E-state index is 12.9. The van der Waals surface area contributed by atoms with Gasteiger partial charge in [-0.25, -0.2) is 0 Å². The molecular weight excluding hydrogens is 338 g/mol. The number of hydrogen-bond donors (Lipinski definition) is 1. The zero-order valence-corrected chi connectivity index (χ0v) is 15.4. The average Bonchev–Trinajstić information content (AvgIpc) is 3.08. The van der Waals surface area contributed by atoms with E-state index in [2.05, 4.69) is 17.0 Å². The first-order chi connectivity index (χ1) is 11.6. The van der Waals surface area contributed by atoms with Crippen LogP contribution in [0.5, 0.6) is 0 Å². The number of nitrogens with zero attached hydrogens (tertiary/aromatic N) is 2. The first kappa shape index (κ1) is 16.1. The lowest BCUT2D eigenvalue weighted by Gasteiger charge is -2.26. The Morgan fingerprint density at radius 3 is 2.67 bits per heavy atom. The third-order valence-corrected chi connectivity index (χ3v) is 7.33. The summed E-state index contributed by atoms with van der Waals surface area (Å²) < 4.78 is 0. The normalized spacial score (nSPS) is 24.9. The highest BCUT2D eigenvalue weighted by Crippen LogP contribution is 2.49. The standard InChI is InChI=1S/C18H21N3OS2/c1-20-13-9-5-6-10-14(13)23-17(20)15-16(22)21(18(19)24-15)11-12-7-3-2-4-8-12/h5-6,9-10,12,19H,2-4,7-8,11H2,1H3/b17-15-,19-18?. The molecule has 0 bridgehead atoms. The number of para-hydroxylation sites is 1. The van der Waals surface area contributed by atoms with E-state index in [9.17, 15) is 4.79 Å². The van der Waals surface area contributed by atoms with Crippen LogP contribution in [0.15, 0.2) is 39.1 Å². The monoisotopic (exact) mass is 359 g/mol. The van der Waals surface area contributed by atoms with Crippen LogP contribution in [0.25, 0.3) is 0 Å². The molecule has 24 heavy (non-hydrogen) atoms. The van der Waals surface area contributed by atoms with Crippen molar-refractivity contribution < 1.29 is 4.79 Å². The number of rotatable bonds is 2. The molecule has 0 aromatic heterocycles. The number of carbonyl (C=O) groups excluding carboxylic acids is 1. The summed E-state index contributed by atoms with van der Waals surface area (Å²) in [5.41, 5.74) is 1.13. The Bertz CT molecular complexity index is 725. The van der Waals surface area contributed by atoms with Crippen LogP contribution >= 0.6 is 23.5 Å². The van der Waals surface area contributed by atoms with Crippen molar-refractivity contribution in [2.75, 3.05) is 18.5 Å². The van der Waals surface area contributed by atoms with E-state index < -0.39 is 0 Å². The predicted molar refractivity (Wildman–Crippen MR) is 101 cm³/mol. The van der Waals surface area contributed by atoms with Crippen molar-refractivity contribution in [3.63, 3.8) is 0 Å². The molecule has 2 heterocycles. The number of amides is 1. The van der Waals surface area contributed by atoms with Gasteiger partial charge in [-0.3, -0.25) is 15.1 Å². The van der Waals surface area contributed by atoms with E-state index in [4.69, 9.17) is 5.41 Å². The topological polar surface area (TPSA) is 47.4 Å². The number of thioether (sulfide) groups is 2. The van der Waals surface area contributed by atoms with Crippen molar-refractivity contribution in [1.29, 1.82) is 5.41 Å². The summed E-state index contributed by atoms with van der Waals surface area (Å²) in [4.78, 5) is 18.6. The second kappa shape index (κ2) is 6.48. The van der Waals surface area contributed by atoms with Crippen LogP contribution in [0.4, 0.5) is 5.69 Å². The Hall–Kier alpha value is -1.40. The Balaban J connectivity index is 1.57.